The average Bonchev–Trinajstić information content (AvgIpc) is 2.22. The van der Waals surface area contributed by atoms with Crippen LogP contribution in [0.5, 0.6) is 5.75 Å². The molecule has 0 spiro atoms. The van der Waals surface area contributed by atoms with Crippen LogP contribution in [0.15, 0.2) is 18.2 Å². The van der Waals surface area contributed by atoms with Crippen molar-refractivity contribution in [3.8, 4) is 5.75 Å². The van der Waals surface area contributed by atoms with Crippen LogP contribution in [0, 0.1) is 0 Å². The maximum Gasteiger partial charge on any atom is 0.252 e. The molecule has 4 N–H and O–H groups in total. The first-order valence-corrected chi connectivity index (χ1v) is 4.99. The molecule has 82 valence electrons. The van der Waals surface area contributed by atoms with Crippen molar-refractivity contribution in [2.75, 3.05) is 13.1 Å². The molecule has 1 aromatic carbocycles. The summed E-state index contributed by atoms with van der Waals surface area (Å²) in [4.78, 5) is 11.5. The Bertz CT molecular complexity index is 355. The number of hydrogen-bond donors (Lipinski definition) is 3. The van der Waals surface area contributed by atoms with Crippen molar-refractivity contribution in [2.45, 2.75) is 6.42 Å². The lowest BCUT2D eigenvalue weighted by atomic mass is 10.2. The molecule has 0 heterocycles. The molecule has 0 aromatic heterocycles. The molecule has 0 saturated carbocycles. The number of hydrogen-bond acceptors (Lipinski definition) is 3. The standard InChI is InChI=1S/C10H13ClN2O2/c11-9-3-2-7(14)6-8(9)10(15)13-5-1-4-12/h2-3,6,14H,1,4-5,12H2,(H,13,15). The number of aromatic hydroxyl groups is 1. The number of nitrogens with one attached hydrogen (secondary N) is 1. The van der Waals surface area contributed by atoms with Gasteiger partial charge in [-0.3, -0.25) is 4.79 Å². The van der Waals surface area contributed by atoms with Gasteiger partial charge in [0, 0.05) is 6.54 Å². The van der Waals surface area contributed by atoms with Crippen LogP contribution in [0.1, 0.15) is 16.8 Å². The van der Waals surface area contributed by atoms with Gasteiger partial charge in [0.25, 0.3) is 5.91 Å². The largest absolute Gasteiger partial charge is 0.508 e. The molecular weight excluding hydrogens is 216 g/mol. The number of amides is 1. The Balaban J connectivity index is 2.68. The lowest BCUT2D eigenvalue weighted by Crippen LogP contribution is -2.26. The van der Waals surface area contributed by atoms with Gasteiger partial charge in [-0.25, -0.2) is 0 Å². The number of phenolic OH excluding ortho intramolecular Hbond substituents is 1. The van der Waals surface area contributed by atoms with E-state index in [4.69, 9.17) is 17.3 Å². The second-order valence-corrected chi connectivity index (χ2v) is 3.47. The normalized spacial score (nSPS) is 10.0. The van der Waals surface area contributed by atoms with Gasteiger partial charge in [-0.1, -0.05) is 11.6 Å². The second-order valence-electron chi connectivity index (χ2n) is 3.06. The van der Waals surface area contributed by atoms with E-state index in [0.29, 0.717) is 24.5 Å². The van der Waals surface area contributed by atoms with Crippen LogP contribution in [0.2, 0.25) is 5.02 Å². The van der Waals surface area contributed by atoms with Crippen LogP contribution >= 0.6 is 11.6 Å². The van der Waals surface area contributed by atoms with Gasteiger partial charge in [0.1, 0.15) is 5.75 Å². The van der Waals surface area contributed by atoms with Gasteiger partial charge in [0.2, 0.25) is 0 Å². The maximum atomic E-state index is 11.5. The summed E-state index contributed by atoms with van der Waals surface area (Å²) in [5.74, 6) is -0.285. The molecule has 0 atom stereocenters. The highest BCUT2D eigenvalue weighted by Gasteiger charge is 2.10. The molecule has 1 rings (SSSR count). The summed E-state index contributed by atoms with van der Waals surface area (Å²) in [5.41, 5.74) is 5.56. The van der Waals surface area contributed by atoms with Gasteiger partial charge in [0.05, 0.1) is 10.6 Å². The summed E-state index contributed by atoms with van der Waals surface area (Å²) in [5, 5.41) is 12.2. The van der Waals surface area contributed by atoms with E-state index in [1.807, 2.05) is 0 Å². The highest BCUT2D eigenvalue weighted by Crippen LogP contribution is 2.20. The van der Waals surface area contributed by atoms with E-state index < -0.39 is 0 Å². The average molecular weight is 229 g/mol. The number of halogens is 1. The minimum atomic E-state index is -0.302. The van der Waals surface area contributed by atoms with Crippen molar-refractivity contribution in [1.29, 1.82) is 0 Å². The third kappa shape index (κ3) is 3.42. The summed E-state index contributed by atoms with van der Waals surface area (Å²) >= 11 is 5.81. The Morgan fingerprint density at radius 3 is 2.93 bits per heavy atom. The lowest BCUT2D eigenvalue weighted by molar-refractivity contribution is 0.0953. The molecule has 5 heteroatoms. The van der Waals surface area contributed by atoms with Crippen molar-refractivity contribution in [3.63, 3.8) is 0 Å². The number of rotatable bonds is 4. The van der Waals surface area contributed by atoms with Gasteiger partial charge in [-0.2, -0.15) is 0 Å². The van der Waals surface area contributed by atoms with Gasteiger partial charge in [0.15, 0.2) is 0 Å². The summed E-state index contributed by atoms with van der Waals surface area (Å²) in [6.45, 7) is 1.02. The van der Waals surface area contributed by atoms with E-state index in [0.717, 1.165) is 0 Å². The van der Waals surface area contributed by atoms with E-state index in [1.165, 1.54) is 18.2 Å². The fourth-order valence-electron chi connectivity index (χ4n) is 1.09. The van der Waals surface area contributed by atoms with Gasteiger partial charge in [-0.15, -0.1) is 0 Å². The first-order chi connectivity index (χ1) is 7.15. The second kappa shape index (κ2) is 5.58. The van der Waals surface area contributed by atoms with Crippen LogP contribution in [0.25, 0.3) is 0 Å². The minimum absolute atomic E-state index is 0.0170. The zero-order valence-electron chi connectivity index (χ0n) is 8.16. The number of carbonyl (C=O) groups excluding carboxylic acids is 1. The van der Waals surface area contributed by atoms with Crippen molar-refractivity contribution >= 4 is 17.5 Å². The molecule has 0 aliphatic heterocycles. The van der Waals surface area contributed by atoms with Crippen LogP contribution in [0.3, 0.4) is 0 Å². The Morgan fingerprint density at radius 2 is 2.27 bits per heavy atom. The first kappa shape index (κ1) is 11.8. The Morgan fingerprint density at radius 1 is 1.53 bits per heavy atom. The van der Waals surface area contributed by atoms with Crippen LogP contribution in [-0.4, -0.2) is 24.1 Å². The van der Waals surface area contributed by atoms with Crippen LogP contribution in [0.4, 0.5) is 0 Å². The van der Waals surface area contributed by atoms with E-state index in [1.54, 1.807) is 0 Å². The van der Waals surface area contributed by atoms with Crippen LogP contribution < -0.4 is 11.1 Å². The molecule has 4 nitrogen and oxygen atoms in total. The topological polar surface area (TPSA) is 75.3 Å². The molecule has 0 fully saturated rings. The predicted octanol–water partition coefficient (Wildman–Crippen LogP) is 1.12. The number of benzene rings is 1. The van der Waals surface area contributed by atoms with Crippen molar-refractivity contribution in [2.24, 2.45) is 5.73 Å². The smallest absolute Gasteiger partial charge is 0.252 e. The number of phenols is 1. The molecule has 0 aliphatic rings. The monoisotopic (exact) mass is 228 g/mol. The molecule has 0 unspecified atom stereocenters. The van der Waals surface area contributed by atoms with E-state index in [9.17, 15) is 9.90 Å². The highest BCUT2D eigenvalue weighted by atomic mass is 35.5. The molecule has 1 amide bonds. The van der Waals surface area contributed by atoms with Crippen molar-refractivity contribution in [1.82, 2.24) is 5.32 Å². The molecule has 0 saturated heterocycles. The fraction of sp³-hybridized carbons (Fsp3) is 0.300. The Kier molecular flexibility index (Phi) is 4.39. The summed E-state index contributed by atoms with van der Waals surface area (Å²) in [6.07, 6.45) is 0.710. The number of carbonyl (C=O) groups is 1. The number of nitrogens with two attached hydrogens (primary N) is 1. The zero-order valence-corrected chi connectivity index (χ0v) is 8.92. The summed E-state index contributed by atoms with van der Waals surface area (Å²) < 4.78 is 0. The Labute approximate surface area is 93.0 Å². The quantitative estimate of drug-likeness (QED) is 0.676. The third-order valence-corrected chi connectivity index (χ3v) is 2.19. The van der Waals surface area contributed by atoms with E-state index in [2.05, 4.69) is 5.32 Å². The maximum absolute atomic E-state index is 11.5. The van der Waals surface area contributed by atoms with Crippen molar-refractivity contribution in [3.05, 3.63) is 28.8 Å². The first-order valence-electron chi connectivity index (χ1n) is 4.62. The minimum Gasteiger partial charge on any atom is -0.508 e. The molecule has 0 aliphatic carbocycles. The molecule has 15 heavy (non-hydrogen) atoms. The summed E-state index contributed by atoms with van der Waals surface area (Å²) in [7, 11) is 0. The van der Waals surface area contributed by atoms with Gasteiger partial charge >= 0.3 is 0 Å². The van der Waals surface area contributed by atoms with Gasteiger partial charge in [-0.05, 0) is 31.2 Å². The molecular formula is C10H13ClN2O2. The predicted molar refractivity (Wildman–Crippen MR) is 59.1 cm³/mol. The van der Waals surface area contributed by atoms with Crippen LogP contribution in [-0.2, 0) is 0 Å². The Hall–Kier alpha value is -1.26. The highest BCUT2D eigenvalue weighted by molar-refractivity contribution is 6.33. The molecule has 0 bridgehead atoms. The fourth-order valence-corrected chi connectivity index (χ4v) is 1.29. The van der Waals surface area contributed by atoms with Crippen molar-refractivity contribution < 1.29 is 9.90 Å². The SMILES string of the molecule is NCCCNC(=O)c1cc(O)ccc1Cl. The molecule has 1 aromatic rings. The zero-order chi connectivity index (χ0) is 11.3. The third-order valence-electron chi connectivity index (χ3n) is 1.86. The molecule has 0 radical (unpaired) electrons. The summed E-state index contributed by atoms with van der Waals surface area (Å²) in [6, 6.07) is 4.24. The lowest BCUT2D eigenvalue weighted by Gasteiger charge is -2.06. The van der Waals surface area contributed by atoms with Gasteiger partial charge < -0.3 is 16.2 Å². The van der Waals surface area contributed by atoms with E-state index in [-0.39, 0.29) is 17.2 Å². The van der Waals surface area contributed by atoms with E-state index >= 15 is 0 Å².